The Bertz CT molecular complexity index is 892. The standard InChI is InChI=1S/C15H14F3N2O.3C4H9.Sn/c1-9-12(7-10-3-5-11(21-2)6-4-10)14(19)20-8-13(9)15(16,17)18;3*1-3-4-2;/h3-6H,7H2,1-2H3,(H2,19,20);3*1,3-4H2,2H3;. The molecule has 0 saturated carbocycles. The summed E-state index contributed by atoms with van der Waals surface area (Å²) in [4.78, 5) is 4.69. The summed E-state index contributed by atoms with van der Waals surface area (Å²) in [6, 6.07) is 7.36. The molecule has 1 aromatic carbocycles. The van der Waals surface area contributed by atoms with E-state index < -0.39 is 30.1 Å². The van der Waals surface area contributed by atoms with E-state index in [9.17, 15) is 13.2 Å². The number of halogens is 3. The second-order valence-corrected chi connectivity index (χ2v) is 22.4. The van der Waals surface area contributed by atoms with Crippen LogP contribution in [0.5, 0.6) is 5.75 Å². The van der Waals surface area contributed by atoms with E-state index in [1.54, 1.807) is 14.0 Å². The second kappa shape index (κ2) is 13.0. The zero-order valence-corrected chi connectivity index (χ0v) is 24.3. The van der Waals surface area contributed by atoms with Crippen LogP contribution in [0.1, 0.15) is 81.5 Å². The number of nitrogens with two attached hydrogens (primary N) is 1. The number of unbranched alkanes of at least 4 members (excludes halogenated alkanes) is 3. The van der Waals surface area contributed by atoms with E-state index in [0.29, 0.717) is 21.4 Å². The number of benzene rings is 1. The first kappa shape index (κ1) is 28.8. The van der Waals surface area contributed by atoms with E-state index in [-0.39, 0.29) is 11.4 Å². The van der Waals surface area contributed by atoms with Gasteiger partial charge in [0.25, 0.3) is 0 Å². The van der Waals surface area contributed by atoms with E-state index in [2.05, 4.69) is 25.8 Å². The van der Waals surface area contributed by atoms with Crippen molar-refractivity contribution in [3.8, 4) is 5.75 Å². The van der Waals surface area contributed by atoms with Crippen molar-refractivity contribution >= 4 is 27.9 Å². The van der Waals surface area contributed by atoms with Gasteiger partial charge in [0.2, 0.25) is 0 Å². The van der Waals surface area contributed by atoms with Gasteiger partial charge in [0.1, 0.15) is 0 Å². The number of rotatable bonds is 13. The molecule has 0 bridgehead atoms. The molecule has 0 saturated heterocycles. The van der Waals surface area contributed by atoms with Crippen molar-refractivity contribution in [2.45, 2.75) is 92.1 Å². The van der Waals surface area contributed by atoms with Crippen LogP contribution < -0.4 is 14.2 Å². The number of nitrogens with zero attached hydrogens (tertiary/aromatic N) is 1. The summed E-state index contributed by atoms with van der Waals surface area (Å²) in [6.45, 7) is 7.95. The maximum atomic E-state index is 14.7. The van der Waals surface area contributed by atoms with Gasteiger partial charge in [-0.15, -0.1) is 0 Å². The predicted octanol–water partition coefficient (Wildman–Crippen LogP) is 7.65. The first-order chi connectivity index (χ1) is 16.1. The molecule has 0 aliphatic rings. The fraction of sp³-hybridized carbons (Fsp3) is 0.593. The first-order valence-electron chi connectivity index (χ1n) is 12.6. The third-order valence-electron chi connectivity index (χ3n) is 6.96. The molecule has 3 nitrogen and oxygen atoms in total. The number of ether oxygens (including phenoxy) is 1. The normalized spacial score (nSPS) is 12.2. The third kappa shape index (κ3) is 7.05. The van der Waals surface area contributed by atoms with Crippen LogP contribution in [0.2, 0.25) is 13.3 Å². The van der Waals surface area contributed by atoms with Crippen LogP contribution in [-0.2, 0) is 12.6 Å². The number of nitrogen functional groups attached to an aromatic ring is 1. The van der Waals surface area contributed by atoms with E-state index >= 15 is 0 Å². The zero-order chi connectivity index (χ0) is 25.4. The van der Waals surface area contributed by atoms with Crippen LogP contribution in [0.15, 0.2) is 24.3 Å². The fourth-order valence-corrected chi connectivity index (χ4v) is 21.4. The SMILES string of the molecule is CCC[CH2][Sn]([CH2]CCC)([CH2]CCC)[c]1nc(N)c(Cc2ccc(OC)cc2)c(C)c1C(F)(F)F. The zero-order valence-electron chi connectivity index (χ0n) is 21.4. The Balaban J connectivity index is 2.70. The molecule has 0 amide bonds. The van der Waals surface area contributed by atoms with Crippen molar-refractivity contribution < 1.29 is 17.9 Å². The molecular weight excluding hydrogens is 544 g/mol. The molecule has 7 heteroatoms. The molecule has 0 fully saturated rings. The van der Waals surface area contributed by atoms with Crippen molar-refractivity contribution in [3.05, 3.63) is 46.5 Å². The first-order valence-corrected chi connectivity index (χ1v) is 20.1. The van der Waals surface area contributed by atoms with Crippen LogP contribution in [-0.4, -0.2) is 30.5 Å². The second-order valence-electron chi connectivity index (χ2n) is 9.44. The number of hydrogen-bond donors (Lipinski definition) is 1. The summed E-state index contributed by atoms with van der Waals surface area (Å²) < 4.78 is 52.4. The van der Waals surface area contributed by atoms with Crippen molar-refractivity contribution in [3.63, 3.8) is 0 Å². The molecule has 0 aliphatic carbocycles. The van der Waals surface area contributed by atoms with E-state index in [0.717, 1.165) is 57.4 Å². The number of pyridine rings is 1. The number of methoxy groups -OCH3 is 1. The fourth-order valence-electron chi connectivity index (χ4n) is 4.94. The summed E-state index contributed by atoms with van der Waals surface area (Å²) >= 11 is -3.48. The van der Waals surface area contributed by atoms with Crippen molar-refractivity contribution in [1.82, 2.24) is 4.98 Å². The van der Waals surface area contributed by atoms with Gasteiger partial charge in [-0.05, 0) is 0 Å². The van der Waals surface area contributed by atoms with Crippen LogP contribution in [0.3, 0.4) is 0 Å². The van der Waals surface area contributed by atoms with E-state index in [1.165, 1.54) is 0 Å². The van der Waals surface area contributed by atoms with Crippen LogP contribution in [0.25, 0.3) is 0 Å². The average Bonchev–Trinajstić information content (AvgIpc) is 2.80. The Morgan fingerprint density at radius 1 is 0.912 bits per heavy atom. The molecule has 190 valence electrons. The molecule has 0 atom stereocenters. The molecule has 1 heterocycles. The van der Waals surface area contributed by atoms with Gasteiger partial charge in [-0.1, -0.05) is 0 Å². The Hall–Kier alpha value is -1.44. The average molecular weight is 585 g/mol. The van der Waals surface area contributed by atoms with E-state index in [1.807, 2.05) is 24.3 Å². The molecule has 2 rings (SSSR count). The summed E-state index contributed by atoms with van der Waals surface area (Å²) in [5, 5.41) is 0. The molecule has 0 unspecified atom stereocenters. The monoisotopic (exact) mass is 586 g/mol. The quantitative estimate of drug-likeness (QED) is 0.246. The number of anilines is 1. The molecular formula is C27H41F3N2OSn. The minimum atomic E-state index is -4.44. The Kier molecular flexibility index (Phi) is 11.0. The van der Waals surface area contributed by atoms with Gasteiger partial charge < -0.3 is 0 Å². The number of hydrogen-bond acceptors (Lipinski definition) is 3. The summed E-state index contributed by atoms with van der Waals surface area (Å²) in [5.41, 5.74) is 7.60. The summed E-state index contributed by atoms with van der Waals surface area (Å²) in [6.07, 6.45) is 1.74. The topological polar surface area (TPSA) is 48.1 Å². The molecule has 2 N–H and O–H groups in total. The summed E-state index contributed by atoms with van der Waals surface area (Å²) in [5.74, 6) is 0.974. The van der Waals surface area contributed by atoms with E-state index in [4.69, 9.17) is 10.5 Å². The van der Waals surface area contributed by atoms with Crippen molar-refractivity contribution in [2.75, 3.05) is 12.8 Å². The Morgan fingerprint density at radius 2 is 1.41 bits per heavy atom. The summed E-state index contributed by atoms with van der Waals surface area (Å²) in [7, 11) is 1.59. The van der Waals surface area contributed by atoms with Gasteiger partial charge in [0.15, 0.2) is 0 Å². The van der Waals surface area contributed by atoms with Gasteiger partial charge >= 0.3 is 208 Å². The molecule has 34 heavy (non-hydrogen) atoms. The Labute approximate surface area is 207 Å². The molecule has 2 aromatic rings. The molecule has 1 aromatic heterocycles. The van der Waals surface area contributed by atoms with Crippen molar-refractivity contribution in [1.29, 1.82) is 0 Å². The van der Waals surface area contributed by atoms with Gasteiger partial charge in [-0.3, -0.25) is 0 Å². The maximum absolute atomic E-state index is 14.7. The molecule has 0 aliphatic heterocycles. The molecule has 0 radical (unpaired) electrons. The molecule has 0 spiro atoms. The van der Waals surface area contributed by atoms with Gasteiger partial charge in [0, 0.05) is 0 Å². The minimum absolute atomic E-state index is 0.261. The third-order valence-corrected chi connectivity index (χ3v) is 22.1. The van der Waals surface area contributed by atoms with Crippen LogP contribution in [0.4, 0.5) is 19.0 Å². The number of alkyl halides is 3. The van der Waals surface area contributed by atoms with Gasteiger partial charge in [-0.25, -0.2) is 0 Å². The van der Waals surface area contributed by atoms with Gasteiger partial charge in [0.05, 0.1) is 0 Å². The van der Waals surface area contributed by atoms with Crippen LogP contribution in [0, 0.1) is 6.92 Å². The van der Waals surface area contributed by atoms with Crippen molar-refractivity contribution in [2.24, 2.45) is 0 Å². The van der Waals surface area contributed by atoms with Gasteiger partial charge in [-0.2, -0.15) is 0 Å². The number of aromatic nitrogens is 1. The van der Waals surface area contributed by atoms with Crippen LogP contribution >= 0.6 is 0 Å². The Morgan fingerprint density at radius 3 is 1.82 bits per heavy atom. The predicted molar refractivity (Wildman–Crippen MR) is 139 cm³/mol.